The van der Waals surface area contributed by atoms with Crippen LogP contribution < -0.4 is 5.32 Å². The topological polar surface area (TPSA) is 86.0 Å². The van der Waals surface area contributed by atoms with Gasteiger partial charge in [-0.3, -0.25) is 14.8 Å². The number of carbonyl (C=O) groups excluding carboxylic acids is 1. The fraction of sp³-hybridized carbons (Fsp3) is 0.333. The monoisotopic (exact) mass is 377 g/mol. The second-order valence-electron chi connectivity index (χ2n) is 7.27. The Morgan fingerprint density at radius 2 is 2.00 bits per heavy atom. The van der Waals surface area contributed by atoms with Crippen LogP contribution in [-0.2, 0) is 4.74 Å². The second-order valence-corrected chi connectivity index (χ2v) is 7.27. The summed E-state index contributed by atoms with van der Waals surface area (Å²) in [6.45, 7) is 5.24. The third-order valence-corrected chi connectivity index (χ3v) is 5.49. The first-order valence-corrected chi connectivity index (χ1v) is 9.75. The van der Waals surface area contributed by atoms with Crippen LogP contribution in [-0.4, -0.2) is 65.4 Å². The van der Waals surface area contributed by atoms with Crippen LogP contribution in [0, 0.1) is 0 Å². The Kier molecular flexibility index (Phi) is 4.46. The third-order valence-electron chi connectivity index (χ3n) is 5.49. The lowest BCUT2D eigenvalue weighted by atomic mass is 10.1. The number of morpholine rings is 1. The molecule has 0 unspecified atom stereocenters. The van der Waals surface area contributed by atoms with Crippen LogP contribution in [0.2, 0.25) is 0 Å². The Balaban J connectivity index is 1.30. The number of rotatable bonds is 5. The van der Waals surface area contributed by atoms with Gasteiger partial charge in [0.15, 0.2) is 0 Å². The normalized spacial score (nSPS) is 15.6. The van der Waals surface area contributed by atoms with Gasteiger partial charge in [-0.1, -0.05) is 18.2 Å². The van der Waals surface area contributed by atoms with E-state index in [2.05, 4.69) is 37.5 Å². The highest BCUT2D eigenvalue weighted by Crippen LogP contribution is 2.30. The lowest BCUT2D eigenvalue weighted by molar-refractivity contribution is 0.0374. The first-order valence-electron chi connectivity index (χ1n) is 9.75. The Hall–Kier alpha value is -2.90. The smallest absolute Gasteiger partial charge is 0.251 e. The number of hydrogen-bond acceptors (Lipinski definition) is 4. The predicted molar refractivity (Wildman–Crippen MR) is 110 cm³/mol. The van der Waals surface area contributed by atoms with Crippen molar-refractivity contribution in [3.05, 3.63) is 42.1 Å². The number of H-pyrrole nitrogens is 2. The lowest BCUT2D eigenvalue weighted by Crippen LogP contribution is -2.38. The van der Waals surface area contributed by atoms with Crippen LogP contribution in [0.1, 0.15) is 16.8 Å². The van der Waals surface area contributed by atoms with Gasteiger partial charge < -0.3 is 15.0 Å². The highest BCUT2D eigenvalue weighted by Gasteiger charge is 2.13. The van der Waals surface area contributed by atoms with Gasteiger partial charge in [-0.2, -0.15) is 5.10 Å². The summed E-state index contributed by atoms with van der Waals surface area (Å²) in [5.41, 5.74) is 3.64. The summed E-state index contributed by atoms with van der Waals surface area (Å²) >= 11 is 0. The third kappa shape index (κ3) is 3.12. The van der Waals surface area contributed by atoms with Crippen LogP contribution in [0.3, 0.4) is 0 Å². The average molecular weight is 377 g/mol. The van der Waals surface area contributed by atoms with Gasteiger partial charge in [0.1, 0.15) is 0 Å². The molecule has 1 aliphatic heterocycles. The molecule has 0 saturated carbocycles. The van der Waals surface area contributed by atoms with Gasteiger partial charge in [0, 0.05) is 46.9 Å². The van der Waals surface area contributed by atoms with E-state index in [9.17, 15) is 4.79 Å². The number of benzene rings is 2. The van der Waals surface area contributed by atoms with Gasteiger partial charge in [0.05, 0.1) is 30.4 Å². The van der Waals surface area contributed by atoms with Crippen molar-refractivity contribution in [1.82, 2.24) is 25.4 Å². The molecule has 0 aliphatic carbocycles. The zero-order valence-electron chi connectivity index (χ0n) is 15.6. The minimum atomic E-state index is -0.0331. The van der Waals surface area contributed by atoms with E-state index in [0.717, 1.165) is 72.0 Å². The van der Waals surface area contributed by atoms with Crippen LogP contribution in [0.4, 0.5) is 0 Å². The summed E-state index contributed by atoms with van der Waals surface area (Å²) in [6.07, 6.45) is 2.76. The van der Waals surface area contributed by atoms with Crippen molar-refractivity contribution in [3.8, 4) is 0 Å². The van der Waals surface area contributed by atoms with E-state index in [1.807, 2.05) is 24.4 Å². The van der Waals surface area contributed by atoms with Crippen molar-refractivity contribution in [1.29, 1.82) is 0 Å². The average Bonchev–Trinajstić information content (AvgIpc) is 3.35. The highest BCUT2D eigenvalue weighted by molar-refractivity contribution is 6.16. The number of nitrogens with one attached hydrogen (secondary N) is 3. The zero-order valence-corrected chi connectivity index (χ0v) is 15.6. The molecule has 144 valence electrons. The standard InChI is InChI=1S/C21H23N5O2/c27-21(22-6-1-7-26-8-10-28-11-9-26)14-2-4-16-17-5-3-15-13-23-25-19(15)20(17)24-18(16)12-14/h2-5,12-13,24H,1,6-11H2,(H,22,27)(H,23,25). The summed E-state index contributed by atoms with van der Waals surface area (Å²) in [5, 5.41) is 13.5. The number of nitrogens with zero attached hydrogens (tertiary/aromatic N) is 2. The van der Waals surface area contributed by atoms with Gasteiger partial charge in [-0.25, -0.2) is 0 Å². The molecule has 0 radical (unpaired) electrons. The maximum atomic E-state index is 12.6. The Morgan fingerprint density at radius 3 is 2.89 bits per heavy atom. The lowest BCUT2D eigenvalue weighted by Gasteiger charge is -2.26. The Morgan fingerprint density at radius 1 is 1.14 bits per heavy atom. The molecule has 3 N–H and O–H groups in total. The van der Waals surface area contributed by atoms with Gasteiger partial charge in [-0.15, -0.1) is 0 Å². The number of ether oxygens (including phenoxy) is 1. The number of hydrogen-bond donors (Lipinski definition) is 3. The van der Waals surface area contributed by atoms with Crippen LogP contribution >= 0.6 is 0 Å². The molecule has 2 aromatic carbocycles. The first kappa shape index (κ1) is 17.2. The van der Waals surface area contributed by atoms with Crippen LogP contribution in [0.25, 0.3) is 32.7 Å². The minimum absolute atomic E-state index is 0.0331. The zero-order chi connectivity index (χ0) is 18.9. The quantitative estimate of drug-likeness (QED) is 0.467. The summed E-state index contributed by atoms with van der Waals surface area (Å²) in [7, 11) is 0. The van der Waals surface area contributed by atoms with E-state index in [-0.39, 0.29) is 5.91 Å². The molecular formula is C21H23N5O2. The van der Waals surface area contributed by atoms with Crippen LogP contribution in [0.15, 0.2) is 36.5 Å². The van der Waals surface area contributed by atoms with Crippen molar-refractivity contribution in [2.75, 3.05) is 39.4 Å². The van der Waals surface area contributed by atoms with E-state index in [4.69, 9.17) is 4.74 Å². The van der Waals surface area contributed by atoms with E-state index in [1.165, 1.54) is 0 Å². The molecule has 3 heterocycles. The molecule has 5 rings (SSSR count). The SMILES string of the molecule is O=C(NCCCN1CCOCC1)c1ccc2c(c1)[nH]c1c2ccc2cn[nH]c21. The molecule has 2 aromatic heterocycles. The van der Waals surface area contributed by atoms with E-state index < -0.39 is 0 Å². The molecule has 1 amide bonds. The van der Waals surface area contributed by atoms with E-state index in [0.29, 0.717) is 12.1 Å². The number of amides is 1. The molecule has 1 saturated heterocycles. The second kappa shape index (κ2) is 7.26. The summed E-state index contributed by atoms with van der Waals surface area (Å²) in [4.78, 5) is 18.4. The van der Waals surface area contributed by atoms with E-state index in [1.54, 1.807) is 0 Å². The van der Waals surface area contributed by atoms with Crippen molar-refractivity contribution < 1.29 is 9.53 Å². The van der Waals surface area contributed by atoms with Crippen LogP contribution in [0.5, 0.6) is 0 Å². The molecule has 0 bridgehead atoms. The van der Waals surface area contributed by atoms with E-state index >= 15 is 0 Å². The number of aromatic nitrogens is 3. The maximum Gasteiger partial charge on any atom is 0.251 e. The number of aromatic amines is 2. The van der Waals surface area contributed by atoms with Gasteiger partial charge in [0.25, 0.3) is 5.91 Å². The molecule has 1 fully saturated rings. The Labute approximate surface area is 162 Å². The minimum Gasteiger partial charge on any atom is -0.379 e. The largest absolute Gasteiger partial charge is 0.379 e. The fourth-order valence-corrected chi connectivity index (χ4v) is 3.96. The molecule has 0 spiro atoms. The van der Waals surface area contributed by atoms with Crippen molar-refractivity contribution >= 4 is 38.6 Å². The maximum absolute atomic E-state index is 12.6. The van der Waals surface area contributed by atoms with Crippen molar-refractivity contribution in [2.24, 2.45) is 0 Å². The summed E-state index contributed by atoms with van der Waals surface area (Å²) < 4.78 is 5.36. The molecule has 7 nitrogen and oxygen atoms in total. The highest BCUT2D eigenvalue weighted by atomic mass is 16.5. The van der Waals surface area contributed by atoms with Crippen molar-refractivity contribution in [2.45, 2.75) is 6.42 Å². The fourth-order valence-electron chi connectivity index (χ4n) is 3.96. The number of carbonyl (C=O) groups is 1. The predicted octanol–water partition coefficient (Wildman–Crippen LogP) is 2.65. The first-order chi connectivity index (χ1) is 13.8. The van der Waals surface area contributed by atoms with Gasteiger partial charge >= 0.3 is 0 Å². The summed E-state index contributed by atoms with van der Waals surface area (Å²) in [6, 6.07) is 9.98. The van der Waals surface area contributed by atoms with Gasteiger partial charge in [0.2, 0.25) is 0 Å². The molecule has 4 aromatic rings. The Bertz CT molecular complexity index is 1140. The molecular weight excluding hydrogens is 354 g/mol. The molecule has 7 heteroatoms. The van der Waals surface area contributed by atoms with Gasteiger partial charge in [-0.05, 0) is 25.1 Å². The molecule has 1 aliphatic rings. The molecule has 0 atom stereocenters. The van der Waals surface area contributed by atoms with Crippen molar-refractivity contribution in [3.63, 3.8) is 0 Å². The molecule has 28 heavy (non-hydrogen) atoms. The number of fused-ring (bicyclic) bond motifs is 5. The summed E-state index contributed by atoms with van der Waals surface area (Å²) in [5.74, 6) is -0.0331.